The molecule has 1 aliphatic heterocycles. The maximum Gasteiger partial charge on any atom is 0.253 e. The van der Waals surface area contributed by atoms with Crippen LogP contribution in [0.15, 0.2) is 24.3 Å². The van der Waals surface area contributed by atoms with Crippen LogP contribution < -0.4 is 11.1 Å². The smallest absolute Gasteiger partial charge is 0.253 e. The molecule has 0 radical (unpaired) electrons. The van der Waals surface area contributed by atoms with Crippen molar-refractivity contribution in [1.29, 1.82) is 0 Å². The molecule has 1 heterocycles. The van der Waals surface area contributed by atoms with Gasteiger partial charge >= 0.3 is 0 Å². The van der Waals surface area contributed by atoms with Crippen molar-refractivity contribution in [2.45, 2.75) is 26.2 Å². The number of benzene rings is 1. The molecule has 22 heavy (non-hydrogen) atoms. The molecule has 1 aromatic carbocycles. The molecule has 0 bridgehead atoms. The Bertz CT molecular complexity index is 597. The van der Waals surface area contributed by atoms with E-state index in [0.29, 0.717) is 24.3 Å². The molecule has 2 fully saturated rings. The van der Waals surface area contributed by atoms with Crippen LogP contribution in [0.1, 0.15) is 36.5 Å². The van der Waals surface area contributed by atoms with Gasteiger partial charge in [0.2, 0.25) is 5.91 Å². The van der Waals surface area contributed by atoms with Gasteiger partial charge in [0.1, 0.15) is 0 Å². The van der Waals surface area contributed by atoms with E-state index in [-0.39, 0.29) is 23.1 Å². The molecule has 0 aromatic heterocycles. The summed E-state index contributed by atoms with van der Waals surface area (Å²) >= 11 is 0. The van der Waals surface area contributed by atoms with E-state index < -0.39 is 0 Å². The Morgan fingerprint density at radius 3 is 2.82 bits per heavy atom. The van der Waals surface area contributed by atoms with Crippen LogP contribution in [-0.2, 0) is 4.79 Å². The molecular weight excluding hydrogens is 278 g/mol. The van der Waals surface area contributed by atoms with Gasteiger partial charge in [0.15, 0.2) is 0 Å². The highest BCUT2D eigenvalue weighted by atomic mass is 16.2. The number of carbonyl (C=O) groups excluding carboxylic acids is 2. The number of nitrogens with one attached hydrogen (secondary N) is 1. The van der Waals surface area contributed by atoms with Crippen molar-refractivity contribution in [3.63, 3.8) is 0 Å². The summed E-state index contributed by atoms with van der Waals surface area (Å²) in [6, 6.07) is 7.20. The number of amides is 2. The fourth-order valence-corrected chi connectivity index (χ4v) is 2.87. The number of hydrogen-bond acceptors (Lipinski definition) is 3. The molecule has 2 aliphatic rings. The summed E-state index contributed by atoms with van der Waals surface area (Å²) in [6.07, 6.45) is 2.87. The Balaban J connectivity index is 1.69. The molecule has 1 aromatic rings. The molecular formula is C17H23N3O2. The maximum absolute atomic E-state index is 12.6. The van der Waals surface area contributed by atoms with E-state index in [0.717, 1.165) is 25.8 Å². The zero-order valence-electron chi connectivity index (χ0n) is 13.0. The van der Waals surface area contributed by atoms with Gasteiger partial charge in [0.05, 0.1) is 0 Å². The van der Waals surface area contributed by atoms with E-state index >= 15 is 0 Å². The van der Waals surface area contributed by atoms with Gasteiger partial charge in [0, 0.05) is 30.3 Å². The van der Waals surface area contributed by atoms with Gasteiger partial charge in [-0.3, -0.25) is 9.59 Å². The van der Waals surface area contributed by atoms with Gasteiger partial charge in [0.25, 0.3) is 5.91 Å². The minimum atomic E-state index is 0.0136. The quantitative estimate of drug-likeness (QED) is 0.891. The number of likely N-dealkylation sites (tertiary alicyclic amines) is 1. The number of nitrogens with two attached hydrogens (primary N) is 1. The second-order valence-corrected chi connectivity index (χ2v) is 6.84. The van der Waals surface area contributed by atoms with Crippen LogP contribution in [0.25, 0.3) is 0 Å². The molecule has 1 saturated carbocycles. The van der Waals surface area contributed by atoms with E-state index in [1.807, 2.05) is 17.0 Å². The van der Waals surface area contributed by atoms with Gasteiger partial charge in [-0.2, -0.15) is 0 Å². The predicted molar refractivity (Wildman–Crippen MR) is 85.5 cm³/mol. The van der Waals surface area contributed by atoms with Crippen molar-refractivity contribution < 1.29 is 9.59 Å². The first-order valence-corrected chi connectivity index (χ1v) is 7.91. The molecule has 3 rings (SSSR count). The zero-order valence-corrected chi connectivity index (χ0v) is 13.0. The summed E-state index contributed by atoms with van der Waals surface area (Å²) in [5.74, 6) is 0.226. The Morgan fingerprint density at radius 1 is 1.41 bits per heavy atom. The van der Waals surface area contributed by atoms with Crippen LogP contribution in [0, 0.1) is 11.3 Å². The van der Waals surface area contributed by atoms with E-state index in [4.69, 9.17) is 5.73 Å². The van der Waals surface area contributed by atoms with Gasteiger partial charge in [-0.1, -0.05) is 13.0 Å². The highest BCUT2D eigenvalue weighted by molar-refractivity contribution is 5.98. The normalized spacial score (nSPS) is 24.4. The Kier molecular flexibility index (Phi) is 3.91. The number of anilines is 1. The van der Waals surface area contributed by atoms with Gasteiger partial charge in [-0.25, -0.2) is 0 Å². The molecule has 1 aliphatic carbocycles. The van der Waals surface area contributed by atoms with E-state index in [9.17, 15) is 9.59 Å². The molecule has 3 N–H and O–H groups in total. The van der Waals surface area contributed by atoms with Crippen LogP contribution in [0.5, 0.6) is 0 Å². The van der Waals surface area contributed by atoms with Crippen LogP contribution >= 0.6 is 0 Å². The van der Waals surface area contributed by atoms with Gasteiger partial charge in [-0.05, 0) is 49.4 Å². The number of hydrogen-bond donors (Lipinski definition) is 2. The lowest BCUT2D eigenvalue weighted by Crippen LogP contribution is -2.34. The standard InChI is InChI=1S/C17H23N3O2/c1-17(10-18)7-8-20(11-17)16(22)13-3-2-4-14(9-13)19-15(21)12-5-6-12/h2-4,9,12H,5-8,10-11,18H2,1H3,(H,19,21). The number of carbonyl (C=O) groups is 2. The largest absolute Gasteiger partial charge is 0.338 e. The van der Waals surface area contributed by atoms with Crippen LogP contribution in [-0.4, -0.2) is 36.3 Å². The van der Waals surface area contributed by atoms with Crippen molar-refractivity contribution in [3.05, 3.63) is 29.8 Å². The van der Waals surface area contributed by atoms with Crippen molar-refractivity contribution >= 4 is 17.5 Å². The summed E-state index contributed by atoms with van der Waals surface area (Å²) in [5, 5.41) is 2.89. The zero-order chi connectivity index (χ0) is 15.7. The van der Waals surface area contributed by atoms with Crippen molar-refractivity contribution in [2.24, 2.45) is 17.1 Å². The summed E-state index contributed by atoms with van der Waals surface area (Å²) in [5.41, 5.74) is 7.14. The Morgan fingerprint density at radius 2 is 2.18 bits per heavy atom. The summed E-state index contributed by atoms with van der Waals surface area (Å²) in [7, 11) is 0. The molecule has 1 saturated heterocycles. The van der Waals surface area contributed by atoms with E-state index in [2.05, 4.69) is 12.2 Å². The first kappa shape index (κ1) is 15.0. The summed E-state index contributed by atoms with van der Waals surface area (Å²) < 4.78 is 0. The lowest BCUT2D eigenvalue weighted by Gasteiger charge is -2.22. The highest BCUT2D eigenvalue weighted by Crippen LogP contribution is 2.31. The predicted octanol–water partition coefficient (Wildman–Crippen LogP) is 1.85. The number of rotatable bonds is 4. The second-order valence-electron chi connectivity index (χ2n) is 6.84. The third kappa shape index (κ3) is 3.14. The SMILES string of the molecule is CC1(CN)CCN(C(=O)c2cccc(NC(=O)C3CC3)c2)C1. The Hall–Kier alpha value is -1.88. The molecule has 1 atom stereocenters. The van der Waals surface area contributed by atoms with E-state index in [1.165, 1.54) is 0 Å². The first-order valence-electron chi connectivity index (χ1n) is 7.91. The molecule has 118 valence electrons. The maximum atomic E-state index is 12.6. The lowest BCUT2D eigenvalue weighted by molar-refractivity contribution is -0.117. The molecule has 1 unspecified atom stereocenters. The fraction of sp³-hybridized carbons (Fsp3) is 0.529. The average molecular weight is 301 g/mol. The van der Waals surface area contributed by atoms with E-state index in [1.54, 1.807) is 12.1 Å². The van der Waals surface area contributed by atoms with Crippen molar-refractivity contribution in [2.75, 3.05) is 25.0 Å². The fourth-order valence-electron chi connectivity index (χ4n) is 2.87. The molecule has 0 spiro atoms. The molecule has 2 amide bonds. The van der Waals surface area contributed by atoms with Gasteiger partial charge < -0.3 is 16.0 Å². The van der Waals surface area contributed by atoms with Crippen molar-refractivity contribution in [1.82, 2.24) is 4.90 Å². The topological polar surface area (TPSA) is 75.4 Å². The van der Waals surface area contributed by atoms with Gasteiger partial charge in [-0.15, -0.1) is 0 Å². The minimum Gasteiger partial charge on any atom is -0.338 e. The summed E-state index contributed by atoms with van der Waals surface area (Å²) in [4.78, 5) is 26.3. The average Bonchev–Trinajstić information content (AvgIpc) is 3.30. The van der Waals surface area contributed by atoms with Crippen molar-refractivity contribution in [3.8, 4) is 0 Å². The van der Waals surface area contributed by atoms with Crippen LogP contribution in [0.2, 0.25) is 0 Å². The van der Waals surface area contributed by atoms with Crippen LogP contribution in [0.3, 0.4) is 0 Å². The third-order valence-electron chi connectivity index (χ3n) is 4.66. The molecule has 5 heteroatoms. The first-order chi connectivity index (χ1) is 10.5. The third-order valence-corrected chi connectivity index (χ3v) is 4.66. The number of nitrogens with zero attached hydrogens (tertiary/aromatic N) is 1. The highest BCUT2D eigenvalue weighted by Gasteiger charge is 2.35. The monoisotopic (exact) mass is 301 g/mol. The molecule has 5 nitrogen and oxygen atoms in total. The second kappa shape index (κ2) is 5.72. The lowest BCUT2D eigenvalue weighted by atomic mass is 9.90. The summed E-state index contributed by atoms with van der Waals surface area (Å²) in [6.45, 7) is 4.15. The minimum absolute atomic E-state index is 0.0136. The van der Waals surface area contributed by atoms with Crippen LogP contribution in [0.4, 0.5) is 5.69 Å². The Labute approximate surface area is 130 Å².